The van der Waals surface area contributed by atoms with Gasteiger partial charge < -0.3 is 10.6 Å². The fourth-order valence-electron chi connectivity index (χ4n) is 1.12. The molecule has 4 N–H and O–H groups in total. The minimum absolute atomic E-state index is 0. The van der Waals surface area contributed by atoms with E-state index >= 15 is 0 Å². The molecule has 0 unspecified atom stereocenters. The number of rotatable bonds is 2. The van der Waals surface area contributed by atoms with Gasteiger partial charge in [0.2, 0.25) is 0 Å². The Morgan fingerprint density at radius 3 is 2.40 bits per heavy atom. The van der Waals surface area contributed by atoms with E-state index in [1.807, 2.05) is 0 Å². The number of aromatic amines is 1. The molecule has 0 radical (unpaired) electrons. The monoisotopic (exact) mass is 207 g/mol. The lowest BCUT2D eigenvalue weighted by Crippen LogP contribution is -1.95. The standard InChI is InChI=1S/C9H7N3O2.H2O/c13-9(14)7-3-1-6(2-4-7)8-10-5-11-12-8;/h1-5H,(H,13,14)(H,10,11,12);1H2. The predicted octanol–water partition coefficient (Wildman–Crippen LogP) is 0.345. The van der Waals surface area contributed by atoms with Gasteiger partial charge in [0, 0.05) is 5.56 Å². The zero-order valence-electron chi connectivity index (χ0n) is 7.64. The molecule has 2 aromatic rings. The van der Waals surface area contributed by atoms with Crippen LogP contribution < -0.4 is 0 Å². The molecule has 0 amide bonds. The molecule has 0 spiro atoms. The minimum Gasteiger partial charge on any atom is -0.478 e. The molecule has 6 nitrogen and oxygen atoms in total. The van der Waals surface area contributed by atoms with Gasteiger partial charge in [-0.1, -0.05) is 12.1 Å². The van der Waals surface area contributed by atoms with E-state index < -0.39 is 5.97 Å². The third-order valence-corrected chi connectivity index (χ3v) is 1.82. The van der Waals surface area contributed by atoms with Gasteiger partial charge in [-0.2, -0.15) is 5.10 Å². The van der Waals surface area contributed by atoms with Crippen LogP contribution in [0.15, 0.2) is 30.6 Å². The van der Waals surface area contributed by atoms with Crippen molar-refractivity contribution in [3.63, 3.8) is 0 Å². The van der Waals surface area contributed by atoms with Crippen molar-refractivity contribution >= 4 is 5.97 Å². The molecule has 1 heterocycles. The van der Waals surface area contributed by atoms with E-state index in [1.54, 1.807) is 12.1 Å². The lowest BCUT2D eigenvalue weighted by atomic mass is 10.1. The van der Waals surface area contributed by atoms with E-state index in [-0.39, 0.29) is 11.0 Å². The normalized spacial score (nSPS) is 9.33. The number of hydrogen-bond acceptors (Lipinski definition) is 3. The van der Waals surface area contributed by atoms with Crippen LogP contribution in [0.5, 0.6) is 0 Å². The number of carboxylic acid groups (broad SMARTS) is 1. The molecule has 0 atom stereocenters. The largest absolute Gasteiger partial charge is 0.478 e. The molecule has 1 aromatic carbocycles. The Kier molecular flexibility index (Phi) is 3.14. The number of benzene rings is 1. The fraction of sp³-hybridized carbons (Fsp3) is 0. The molecule has 0 bridgehead atoms. The van der Waals surface area contributed by atoms with E-state index in [1.165, 1.54) is 18.5 Å². The third-order valence-electron chi connectivity index (χ3n) is 1.82. The Hall–Kier alpha value is -2.21. The number of carboxylic acids is 1. The maximum absolute atomic E-state index is 10.6. The van der Waals surface area contributed by atoms with Gasteiger partial charge in [0.1, 0.15) is 6.33 Å². The van der Waals surface area contributed by atoms with Crippen LogP contribution in [0.1, 0.15) is 10.4 Å². The Morgan fingerprint density at radius 2 is 1.93 bits per heavy atom. The molecule has 78 valence electrons. The van der Waals surface area contributed by atoms with Gasteiger partial charge in [0.15, 0.2) is 5.82 Å². The summed E-state index contributed by atoms with van der Waals surface area (Å²) in [5, 5.41) is 15.1. The second-order valence-electron chi connectivity index (χ2n) is 2.72. The van der Waals surface area contributed by atoms with Crippen molar-refractivity contribution in [2.24, 2.45) is 0 Å². The van der Waals surface area contributed by atoms with Gasteiger partial charge >= 0.3 is 5.97 Å². The highest BCUT2D eigenvalue weighted by molar-refractivity contribution is 5.88. The van der Waals surface area contributed by atoms with Crippen molar-refractivity contribution in [1.29, 1.82) is 0 Å². The van der Waals surface area contributed by atoms with Crippen molar-refractivity contribution in [2.45, 2.75) is 0 Å². The van der Waals surface area contributed by atoms with Crippen molar-refractivity contribution < 1.29 is 15.4 Å². The number of aromatic nitrogens is 3. The first kappa shape index (κ1) is 10.9. The number of hydrogen-bond donors (Lipinski definition) is 2. The second-order valence-corrected chi connectivity index (χ2v) is 2.72. The molecular weight excluding hydrogens is 198 g/mol. The van der Waals surface area contributed by atoms with E-state index in [0.717, 1.165) is 5.56 Å². The average Bonchev–Trinajstić information content (AvgIpc) is 2.71. The summed E-state index contributed by atoms with van der Waals surface area (Å²) < 4.78 is 0. The molecule has 0 saturated heterocycles. The Balaban J connectivity index is 0.00000112. The summed E-state index contributed by atoms with van der Waals surface area (Å²) in [6.07, 6.45) is 1.40. The van der Waals surface area contributed by atoms with Crippen LogP contribution >= 0.6 is 0 Å². The highest BCUT2D eigenvalue weighted by atomic mass is 16.4. The fourth-order valence-corrected chi connectivity index (χ4v) is 1.12. The molecule has 0 aliphatic heterocycles. The number of carbonyl (C=O) groups is 1. The highest BCUT2D eigenvalue weighted by Gasteiger charge is 2.03. The van der Waals surface area contributed by atoms with Crippen LogP contribution in [0, 0.1) is 0 Å². The van der Waals surface area contributed by atoms with E-state index in [9.17, 15) is 4.79 Å². The number of nitrogens with one attached hydrogen (secondary N) is 1. The van der Waals surface area contributed by atoms with E-state index in [2.05, 4.69) is 15.2 Å². The summed E-state index contributed by atoms with van der Waals surface area (Å²) in [6, 6.07) is 6.42. The van der Waals surface area contributed by atoms with Gasteiger partial charge in [-0.15, -0.1) is 0 Å². The van der Waals surface area contributed by atoms with Crippen molar-refractivity contribution in [1.82, 2.24) is 15.2 Å². The molecule has 2 rings (SSSR count). The Bertz CT molecular complexity index is 436. The molecule has 15 heavy (non-hydrogen) atoms. The number of aromatic carboxylic acids is 1. The van der Waals surface area contributed by atoms with Crippen LogP contribution in [0.4, 0.5) is 0 Å². The zero-order valence-corrected chi connectivity index (χ0v) is 7.64. The van der Waals surface area contributed by atoms with E-state index in [0.29, 0.717) is 5.82 Å². The number of H-pyrrole nitrogens is 1. The third kappa shape index (κ3) is 2.18. The quantitative estimate of drug-likeness (QED) is 0.739. The number of nitrogens with zero attached hydrogens (tertiary/aromatic N) is 2. The molecule has 0 saturated carbocycles. The first-order chi connectivity index (χ1) is 6.77. The molecular formula is C9H9N3O3. The summed E-state index contributed by atoms with van der Waals surface area (Å²) in [5.74, 6) is -0.309. The Morgan fingerprint density at radius 1 is 1.27 bits per heavy atom. The van der Waals surface area contributed by atoms with Crippen LogP contribution in [0.3, 0.4) is 0 Å². The topological polar surface area (TPSA) is 110 Å². The van der Waals surface area contributed by atoms with Crippen molar-refractivity contribution in [3.8, 4) is 11.4 Å². The predicted molar refractivity (Wildman–Crippen MR) is 52.4 cm³/mol. The summed E-state index contributed by atoms with van der Waals surface area (Å²) >= 11 is 0. The lowest BCUT2D eigenvalue weighted by Gasteiger charge is -1.96. The maximum atomic E-state index is 10.6. The summed E-state index contributed by atoms with van der Waals surface area (Å²) in [7, 11) is 0. The smallest absolute Gasteiger partial charge is 0.335 e. The van der Waals surface area contributed by atoms with Crippen LogP contribution in [-0.4, -0.2) is 31.7 Å². The Labute approximate surface area is 84.9 Å². The highest BCUT2D eigenvalue weighted by Crippen LogP contribution is 2.14. The van der Waals surface area contributed by atoms with Gasteiger partial charge in [-0.3, -0.25) is 5.10 Å². The molecule has 6 heteroatoms. The first-order valence-electron chi connectivity index (χ1n) is 3.96. The van der Waals surface area contributed by atoms with E-state index in [4.69, 9.17) is 5.11 Å². The van der Waals surface area contributed by atoms with Crippen LogP contribution in [-0.2, 0) is 0 Å². The van der Waals surface area contributed by atoms with Gasteiger partial charge in [-0.05, 0) is 12.1 Å². The molecule has 0 fully saturated rings. The minimum atomic E-state index is -0.936. The van der Waals surface area contributed by atoms with Gasteiger partial charge in [0.25, 0.3) is 0 Å². The zero-order chi connectivity index (χ0) is 9.97. The molecule has 0 aliphatic rings. The first-order valence-corrected chi connectivity index (χ1v) is 3.96. The van der Waals surface area contributed by atoms with Crippen molar-refractivity contribution in [2.75, 3.05) is 0 Å². The van der Waals surface area contributed by atoms with Crippen LogP contribution in [0.25, 0.3) is 11.4 Å². The summed E-state index contributed by atoms with van der Waals surface area (Å²) in [6.45, 7) is 0. The lowest BCUT2D eigenvalue weighted by molar-refractivity contribution is 0.0697. The summed E-state index contributed by atoms with van der Waals surface area (Å²) in [5.41, 5.74) is 1.07. The average molecular weight is 207 g/mol. The van der Waals surface area contributed by atoms with Gasteiger partial charge in [-0.25, -0.2) is 9.78 Å². The maximum Gasteiger partial charge on any atom is 0.335 e. The van der Waals surface area contributed by atoms with Crippen LogP contribution in [0.2, 0.25) is 0 Å². The van der Waals surface area contributed by atoms with Gasteiger partial charge in [0.05, 0.1) is 5.56 Å². The summed E-state index contributed by atoms with van der Waals surface area (Å²) in [4.78, 5) is 14.5. The second kappa shape index (κ2) is 4.34. The molecule has 0 aliphatic carbocycles. The molecule has 1 aromatic heterocycles. The van der Waals surface area contributed by atoms with Crippen molar-refractivity contribution in [3.05, 3.63) is 36.2 Å². The SMILES string of the molecule is O.O=C(O)c1ccc(-c2ncn[nH]2)cc1.